The zero-order valence-corrected chi connectivity index (χ0v) is 16.1. The van der Waals surface area contributed by atoms with Gasteiger partial charge in [-0.05, 0) is 32.0 Å². The van der Waals surface area contributed by atoms with Gasteiger partial charge in [0, 0.05) is 17.1 Å². The molecule has 0 saturated heterocycles. The number of hydrogen-bond acceptors (Lipinski definition) is 9. The quantitative estimate of drug-likeness (QED) is 0.495. The Labute approximate surface area is 163 Å². The standard InChI is InChI=1S/C18H16N6O3S/c1-9-4-5-13(28-9)12-8-11(15-10(2)24-27-17(15)20-12)16(25)22-23-18-19-7-6-14(21-18)26-3/h4-8H,1-3H3,(H,22,25)(H,19,21,23). The Bertz CT molecular complexity index is 1170. The maximum atomic E-state index is 12.9. The van der Waals surface area contributed by atoms with Crippen LogP contribution in [0.1, 0.15) is 20.9 Å². The van der Waals surface area contributed by atoms with Crippen molar-refractivity contribution in [2.45, 2.75) is 13.8 Å². The largest absolute Gasteiger partial charge is 0.481 e. The predicted octanol–water partition coefficient (Wildman–Crippen LogP) is 3.12. The highest BCUT2D eigenvalue weighted by molar-refractivity contribution is 7.15. The molecule has 0 unspecified atom stereocenters. The van der Waals surface area contributed by atoms with Crippen LogP contribution in [-0.2, 0) is 0 Å². The van der Waals surface area contributed by atoms with E-state index in [0.29, 0.717) is 33.9 Å². The van der Waals surface area contributed by atoms with Gasteiger partial charge in [-0.3, -0.25) is 15.6 Å². The van der Waals surface area contributed by atoms with Crippen molar-refractivity contribution in [3.05, 3.63) is 46.6 Å². The number of carbonyl (C=O) groups is 1. The third-order valence-corrected chi connectivity index (χ3v) is 5.00. The van der Waals surface area contributed by atoms with Gasteiger partial charge in [-0.1, -0.05) is 5.16 Å². The van der Waals surface area contributed by atoms with Gasteiger partial charge in [0.1, 0.15) is 0 Å². The minimum atomic E-state index is -0.389. The molecule has 4 aromatic heterocycles. The minimum Gasteiger partial charge on any atom is -0.481 e. The fourth-order valence-electron chi connectivity index (χ4n) is 2.67. The zero-order valence-electron chi connectivity index (χ0n) is 15.3. The average molecular weight is 396 g/mol. The number of aromatic nitrogens is 4. The van der Waals surface area contributed by atoms with Gasteiger partial charge < -0.3 is 9.26 Å². The number of anilines is 1. The maximum Gasteiger partial charge on any atom is 0.270 e. The fraction of sp³-hybridized carbons (Fsp3) is 0.167. The van der Waals surface area contributed by atoms with Gasteiger partial charge in [-0.15, -0.1) is 11.3 Å². The van der Waals surface area contributed by atoms with Gasteiger partial charge in [0.2, 0.25) is 11.8 Å². The highest BCUT2D eigenvalue weighted by Crippen LogP contribution is 2.31. The average Bonchev–Trinajstić information content (AvgIpc) is 3.31. The molecule has 0 aliphatic carbocycles. The number of pyridine rings is 1. The lowest BCUT2D eigenvalue weighted by atomic mass is 10.1. The van der Waals surface area contributed by atoms with Crippen molar-refractivity contribution in [1.29, 1.82) is 0 Å². The summed E-state index contributed by atoms with van der Waals surface area (Å²) in [4.78, 5) is 27.6. The molecule has 1 amide bonds. The Kier molecular flexibility index (Phi) is 4.62. The van der Waals surface area contributed by atoms with Crippen molar-refractivity contribution >= 4 is 34.3 Å². The summed E-state index contributed by atoms with van der Waals surface area (Å²) in [5.41, 5.74) is 7.21. The van der Waals surface area contributed by atoms with Crippen LogP contribution in [0.2, 0.25) is 0 Å². The summed E-state index contributed by atoms with van der Waals surface area (Å²) in [7, 11) is 1.50. The highest BCUT2D eigenvalue weighted by atomic mass is 32.1. The van der Waals surface area contributed by atoms with E-state index in [-0.39, 0.29) is 11.9 Å². The Balaban J connectivity index is 1.67. The number of ether oxygens (including phenoxy) is 1. The molecule has 10 heteroatoms. The van der Waals surface area contributed by atoms with Crippen molar-refractivity contribution in [3.8, 4) is 16.5 Å². The van der Waals surface area contributed by atoms with Gasteiger partial charge >= 0.3 is 0 Å². The number of hydrogen-bond donors (Lipinski definition) is 2. The third-order valence-electron chi connectivity index (χ3n) is 3.98. The number of aryl methyl sites for hydroxylation is 2. The number of carbonyl (C=O) groups excluding carboxylic acids is 1. The molecule has 0 fully saturated rings. The number of nitrogens with zero attached hydrogens (tertiary/aromatic N) is 4. The molecule has 0 atom stereocenters. The Hall–Kier alpha value is -3.53. The molecule has 28 heavy (non-hydrogen) atoms. The number of methoxy groups -OCH3 is 1. The van der Waals surface area contributed by atoms with E-state index in [9.17, 15) is 4.79 Å². The molecule has 4 aromatic rings. The lowest BCUT2D eigenvalue weighted by Crippen LogP contribution is -2.30. The summed E-state index contributed by atoms with van der Waals surface area (Å²) in [5, 5.41) is 4.50. The van der Waals surface area contributed by atoms with Crippen LogP contribution in [0, 0.1) is 13.8 Å². The summed E-state index contributed by atoms with van der Waals surface area (Å²) in [5.74, 6) is 0.192. The summed E-state index contributed by atoms with van der Waals surface area (Å²) in [6.45, 7) is 3.77. The summed E-state index contributed by atoms with van der Waals surface area (Å²) < 4.78 is 10.3. The van der Waals surface area contributed by atoms with Crippen LogP contribution in [0.25, 0.3) is 21.7 Å². The molecule has 0 aromatic carbocycles. The first-order valence-corrected chi connectivity index (χ1v) is 9.14. The summed E-state index contributed by atoms with van der Waals surface area (Å²) in [6.07, 6.45) is 1.52. The Morgan fingerprint density at radius 3 is 2.82 bits per heavy atom. The minimum absolute atomic E-state index is 0.203. The first-order chi connectivity index (χ1) is 13.5. The van der Waals surface area contributed by atoms with Gasteiger partial charge in [0.25, 0.3) is 11.6 Å². The van der Waals surface area contributed by atoms with Crippen LogP contribution in [-0.4, -0.2) is 33.1 Å². The number of rotatable bonds is 5. The molecule has 4 rings (SSSR count). The molecule has 0 spiro atoms. The Morgan fingerprint density at radius 1 is 1.21 bits per heavy atom. The topological polar surface area (TPSA) is 115 Å². The normalized spacial score (nSPS) is 10.8. The molecule has 4 heterocycles. The van der Waals surface area contributed by atoms with Crippen molar-refractivity contribution in [1.82, 2.24) is 25.5 Å². The Morgan fingerprint density at radius 2 is 2.07 bits per heavy atom. The van der Waals surface area contributed by atoms with Crippen LogP contribution in [0.4, 0.5) is 5.95 Å². The predicted molar refractivity (Wildman–Crippen MR) is 104 cm³/mol. The second kappa shape index (κ2) is 7.24. The molecular weight excluding hydrogens is 380 g/mol. The maximum absolute atomic E-state index is 12.9. The first kappa shape index (κ1) is 17.9. The van der Waals surface area contributed by atoms with Gasteiger partial charge in [-0.25, -0.2) is 9.97 Å². The van der Waals surface area contributed by atoms with E-state index in [2.05, 4.69) is 31.0 Å². The van der Waals surface area contributed by atoms with Crippen LogP contribution >= 0.6 is 11.3 Å². The molecule has 9 nitrogen and oxygen atoms in total. The first-order valence-electron chi connectivity index (χ1n) is 8.32. The van der Waals surface area contributed by atoms with Crippen LogP contribution in [0.15, 0.2) is 35.0 Å². The second-order valence-corrected chi connectivity index (χ2v) is 7.20. The summed E-state index contributed by atoms with van der Waals surface area (Å²) in [6, 6.07) is 7.29. The van der Waals surface area contributed by atoms with Gasteiger partial charge in [0.15, 0.2) is 0 Å². The molecule has 142 valence electrons. The molecular formula is C18H16N6O3S. The van der Waals surface area contributed by atoms with Crippen LogP contribution in [0.5, 0.6) is 5.88 Å². The van der Waals surface area contributed by atoms with E-state index in [0.717, 1.165) is 9.75 Å². The molecule has 0 saturated carbocycles. The smallest absolute Gasteiger partial charge is 0.270 e. The summed E-state index contributed by atoms with van der Waals surface area (Å²) >= 11 is 1.59. The van der Waals surface area contributed by atoms with Crippen LogP contribution < -0.4 is 15.6 Å². The number of amides is 1. The highest BCUT2D eigenvalue weighted by Gasteiger charge is 2.20. The van der Waals surface area contributed by atoms with Crippen LogP contribution in [0.3, 0.4) is 0 Å². The van der Waals surface area contributed by atoms with E-state index in [1.165, 1.54) is 13.3 Å². The van der Waals surface area contributed by atoms with E-state index < -0.39 is 0 Å². The van der Waals surface area contributed by atoms with Crippen molar-refractivity contribution < 1.29 is 14.1 Å². The molecule has 0 aliphatic rings. The molecule has 0 bridgehead atoms. The van der Waals surface area contributed by atoms with Gasteiger partial charge in [0.05, 0.1) is 34.3 Å². The third kappa shape index (κ3) is 3.37. The number of hydrazine groups is 1. The number of nitrogens with one attached hydrogen (secondary N) is 2. The lowest BCUT2D eigenvalue weighted by Gasteiger charge is -2.09. The number of fused-ring (bicyclic) bond motifs is 1. The molecule has 0 aliphatic heterocycles. The van der Waals surface area contributed by atoms with Crippen molar-refractivity contribution in [2.24, 2.45) is 0 Å². The van der Waals surface area contributed by atoms with Gasteiger partial charge in [-0.2, -0.15) is 4.98 Å². The lowest BCUT2D eigenvalue weighted by molar-refractivity contribution is 0.0963. The number of thiophene rings is 1. The van der Waals surface area contributed by atoms with E-state index in [4.69, 9.17) is 9.26 Å². The monoisotopic (exact) mass is 396 g/mol. The second-order valence-electron chi connectivity index (χ2n) is 5.92. The molecule has 0 radical (unpaired) electrons. The van der Waals surface area contributed by atoms with E-state index >= 15 is 0 Å². The van der Waals surface area contributed by atoms with E-state index in [1.807, 2.05) is 19.1 Å². The van der Waals surface area contributed by atoms with Crippen molar-refractivity contribution in [2.75, 3.05) is 12.5 Å². The zero-order chi connectivity index (χ0) is 19.7. The molecule has 2 N–H and O–H groups in total. The van der Waals surface area contributed by atoms with Crippen molar-refractivity contribution in [3.63, 3.8) is 0 Å². The fourth-order valence-corrected chi connectivity index (χ4v) is 3.50. The SMILES string of the molecule is COc1ccnc(NNC(=O)c2cc(-c3ccc(C)s3)nc3onc(C)c23)n1. The van der Waals surface area contributed by atoms with E-state index in [1.54, 1.807) is 30.4 Å².